The van der Waals surface area contributed by atoms with E-state index in [1.807, 2.05) is 29.6 Å². The molecule has 1 aromatic heterocycles. The first kappa shape index (κ1) is 17.8. The second-order valence-corrected chi connectivity index (χ2v) is 8.05. The first-order chi connectivity index (χ1) is 12.8. The van der Waals surface area contributed by atoms with Crippen LogP contribution in [-0.4, -0.2) is 30.1 Å². The standard InChI is InChI=1S/C19H20N2O5S/c1-11-8-19(15(22)25-11)10-18(2,26-16(19)23)14-9-27-17(21-14)20-12-5-4-6-13(7-12)24-3/h4-7,9,11H,8,10H2,1-3H3,(H,20,21)/t11-,18+,19-/m0/s1. The summed E-state index contributed by atoms with van der Waals surface area (Å²) in [6.07, 6.45) is 0.303. The molecule has 7 nitrogen and oxygen atoms in total. The molecular formula is C19H20N2O5S. The Labute approximate surface area is 160 Å². The molecule has 0 radical (unpaired) electrons. The number of carbonyl (C=O) groups is 2. The number of rotatable bonds is 4. The zero-order valence-corrected chi connectivity index (χ0v) is 16.1. The van der Waals surface area contributed by atoms with Crippen LogP contribution >= 0.6 is 11.3 Å². The normalized spacial score (nSPS) is 29.7. The molecule has 1 aromatic carbocycles. The zero-order valence-electron chi connectivity index (χ0n) is 15.3. The summed E-state index contributed by atoms with van der Waals surface area (Å²) in [5.74, 6) is -0.271. The third-order valence-corrected chi connectivity index (χ3v) is 5.81. The van der Waals surface area contributed by atoms with Gasteiger partial charge in [0.15, 0.2) is 16.1 Å². The molecule has 27 heavy (non-hydrogen) atoms. The smallest absolute Gasteiger partial charge is 0.324 e. The van der Waals surface area contributed by atoms with Crippen LogP contribution in [0.3, 0.4) is 0 Å². The molecule has 3 heterocycles. The third kappa shape index (κ3) is 2.93. The second-order valence-electron chi connectivity index (χ2n) is 7.19. The number of hydrogen-bond donors (Lipinski definition) is 1. The Morgan fingerprint density at radius 3 is 2.85 bits per heavy atom. The van der Waals surface area contributed by atoms with Crippen molar-refractivity contribution in [2.45, 2.75) is 38.4 Å². The molecule has 0 unspecified atom stereocenters. The molecule has 0 saturated carbocycles. The van der Waals surface area contributed by atoms with Crippen molar-refractivity contribution in [3.8, 4) is 5.75 Å². The largest absolute Gasteiger partial charge is 0.497 e. The maximum Gasteiger partial charge on any atom is 0.324 e. The minimum absolute atomic E-state index is 0.240. The van der Waals surface area contributed by atoms with Crippen molar-refractivity contribution in [2.24, 2.45) is 5.41 Å². The molecular weight excluding hydrogens is 368 g/mol. The molecule has 142 valence electrons. The van der Waals surface area contributed by atoms with Crippen LogP contribution in [0.15, 0.2) is 29.6 Å². The number of thiazole rings is 1. The van der Waals surface area contributed by atoms with Crippen molar-refractivity contribution < 1.29 is 23.8 Å². The van der Waals surface area contributed by atoms with Gasteiger partial charge in [0.05, 0.1) is 12.8 Å². The highest BCUT2D eigenvalue weighted by Gasteiger charge is 2.65. The van der Waals surface area contributed by atoms with Gasteiger partial charge in [-0.05, 0) is 26.0 Å². The summed E-state index contributed by atoms with van der Waals surface area (Å²) in [6, 6.07) is 7.51. The summed E-state index contributed by atoms with van der Waals surface area (Å²) in [5, 5.41) is 5.73. The fraction of sp³-hybridized carbons (Fsp3) is 0.421. The number of aromatic nitrogens is 1. The van der Waals surface area contributed by atoms with Gasteiger partial charge in [-0.2, -0.15) is 0 Å². The van der Waals surface area contributed by atoms with Crippen LogP contribution in [0.2, 0.25) is 0 Å². The van der Waals surface area contributed by atoms with E-state index in [4.69, 9.17) is 14.2 Å². The number of hydrogen-bond acceptors (Lipinski definition) is 8. The highest BCUT2D eigenvalue weighted by atomic mass is 32.1. The van der Waals surface area contributed by atoms with Gasteiger partial charge < -0.3 is 19.5 Å². The Kier molecular flexibility index (Phi) is 4.10. The second kappa shape index (κ2) is 6.23. The van der Waals surface area contributed by atoms with Crippen LogP contribution in [0.1, 0.15) is 32.4 Å². The van der Waals surface area contributed by atoms with Crippen molar-refractivity contribution in [3.63, 3.8) is 0 Å². The van der Waals surface area contributed by atoms with Crippen LogP contribution in [0, 0.1) is 5.41 Å². The topological polar surface area (TPSA) is 86.8 Å². The molecule has 1 N–H and O–H groups in total. The molecule has 2 aliphatic rings. The highest BCUT2D eigenvalue weighted by molar-refractivity contribution is 7.13. The third-order valence-electron chi connectivity index (χ3n) is 5.05. The Bertz CT molecular complexity index is 913. The van der Waals surface area contributed by atoms with E-state index in [0.29, 0.717) is 17.2 Å². The van der Waals surface area contributed by atoms with E-state index in [9.17, 15) is 9.59 Å². The molecule has 2 aliphatic heterocycles. The van der Waals surface area contributed by atoms with Gasteiger partial charge in [0.25, 0.3) is 0 Å². The van der Waals surface area contributed by atoms with Crippen molar-refractivity contribution in [3.05, 3.63) is 35.3 Å². The van der Waals surface area contributed by atoms with Crippen molar-refractivity contribution in [1.29, 1.82) is 0 Å². The number of benzene rings is 1. The van der Waals surface area contributed by atoms with E-state index in [2.05, 4.69) is 10.3 Å². The summed E-state index contributed by atoms with van der Waals surface area (Å²) >= 11 is 1.41. The summed E-state index contributed by atoms with van der Waals surface area (Å²) < 4.78 is 16.1. The molecule has 2 fully saturated rings. The van der Waals surface area contributed by atoms with Gasteiger partial charge in [-0.1, -0.05) is 6.07 Å². The Hall–Kier alpha value is -2.61. The maximum absolute atomic E-state index is 12.5. The number of nitrogens with one attached hydrogen (secondary N) is 1. The number of cyclic esters (lactones) is 2. The highest BCUT2D eigenvalue weighted by Crippen LogP contribution is 2.52. The van der Waals surface area contributed by atoms with Crippen LogP contribution in [0.25, 0.3) is 0 Å². The first-order valence-corrected chi connectivity index (χ1v) is 9.54. The SMILES string of the molecule is COc1cccc(Nc2nc([C@@]3(C)C[C@]4(C[C@H](C)OC4=O)C(=O)O3)cs2)c1. The summed E-state index contributed by atoms with van der Waals surface area (Å²) in [6.45, 7) is 3.58. The summed E-state index contributed by atoms with van der Waals surface area (Å²) in [7, 11) is 1.61. The van der Waals surface area contributed by atoms with E-state index in [1.54, 1.807) is 21.0 Å². The molecule has 0 bridgehead atoms. The van der Waals surface area contributed by atoms with Gasteiger partial charge >= 0.3 is 11.9 Å². The van der Waals surface area contributed by atoms with Crippen molar-refractivity contribution in [1.82, 2.24) is 4.98 Å². The number of carbonyl (C=O) groups excluding carboxylic acids is 2. The molecule has 3 atom stereocenters. The van der Waals surface area contributed by atoms with Crippen LogP contribution in [0.5, 0.6) is 5.75 Å². The summed E-state index contributed by atoms with van der Waals surface area (Å²) in [5.41, 5.74) is -0.702. The van der Waals surface area contributed by atoms with E-state index in [0.717, 1.165) is 11.4 Å². The van der Waals surface area contributed by atoms with E-state index < -0.39 is 23.0 Å². The average molecular weight is 388 g/mol. The molecule has 2 saturated heterocycles. The maximum atomic E-state index is 12.5. The lowest BCUT2D eigenvalue weighted by Crippen LogP contribution is -2.31. The van der Waals surface area contributed by atoms with Crippen LogP contribution in [0.4, 0.5) is 10.8 Å². The lowest BCUT2D eigenvalue weighted by Gasteiger charge is -2.20. The first-order valence-electron chi connectivity index (χ1n) is 8.66. The van der Waals surface area contributed by atoms with Gasteiger partial charge in [0, 0.05) is 30.0 Å². The Morgan fingerprint density at radius 2 is 2.15 bits per heavy atom. The molecule has 8 heteroatoms. The fourth-order valence-corrected chi connectivity index (χ4v) is 4.60. The predicted molar refractivity (Wildman–Crippen MR) is 99.1 cm³/mol. The number of nitrogens with zero attached hydrogens (tertiary/aromatic N) is 1. The number of ether oxygens (including phenoxy) is 3. The van der Waals surface area contributed by atoms with Gasteiger partial charge in [0.1, 0.15) is 11.9 Å². The van der Waals surface area contributed by atoms with Gasteiger partial charge in [-0.3, -0.25) is 9.59 Å². The molecule has 0 aliphatic carbocycles. The quantitative estimate of drug-likeness (QED) is 0.635. The zero-order chi connectivity index (χ0) is 19.2. The Morgan fingerprint density at radius 1 is 1.33 bits per heavy atom. The van der Waals surface area contributed by atoms with E-state index in [1.165, 1.54) is 11.3 Å². The van der Waals surface area contributed by atoms with Crippen LogP contribution < -0.4 is 10.1 Å². The molecule has 4 rings (SSSR count). The van der Waals surface area contributed by atoms with Gasteiger partial charge in [-0.25, -0.2) is 4.98 Å². The lowest BCUT2D eigenvalue weighted by atomic mass is 9.78. The number of anilines is 2. The monoisotopic (exact) mass is 388 g/mol. The van der Waals surface area contributed by atoms with E-state index >= 15 is 0 Å². The van der Waals surface area contributed by atoms with Gasteiger partial charge in [0.2, 0.25) is 0 Å². The summed E-state index contributed by atoms with van der Waals surface area (Å²) in [4.78, 5) is 29.4. The van der Waals surface area contributed by atoms with Crippen molar-refractivity contribution in [2.75, 3.05) is 12.4 Å². The lowest BCUT2D eigenvalue weighted by molar-refractivity contribution is -0.160. The number of methoxy groups -OCH3 is 1. The molecule has 0 amide bonds. The van der Waals surface area contributed by atoms with Crippen molar-refractivity contribution >= 4 is 34.1 Å². The molecule has 1 spiro atoms. The predicted octanol–water partition coefficient (Wildman–Crippen LogP) is 3.38. The van der Waals surface area contributed by atoms with E-state index in [-0.39, 0.29) is 12.5 Å². The van der Waals surface area contributed by atoms with Gasteiger partial charge in [-0.15, -0.1) is 11.3 Å². The fourth-order valence-electron chi connectivity index (χ4n) is 3.75. The minimum Gasteiger partial charge on any atom is -0.497 e. The molecule has 2 aromatic rings. The minimum atomic E-state index is -1.21. The Balaban J connectivity index is 1.56. The van der Waals surface area contributed by atoms with Crippen LogP contribution in [-0.2, 0) is 24.7 Å². The average Bonchev–Trinajstić information content (AvgIpc) is 3.27. The number of esters is 2.